The van der Waals surface area contributed by atoms with Crippen LogP contribution in [0.5, 0.6) is 0 Å². The zero-order valence-corrected chi connectivity index (χ0v) is 13.7. The van der Waals surface area contributed by atoms with Gasteiger partial charge >= 0.3 is 0 Å². The van der Waals surface area contributed by atoms with Crippen molar-refractivity contribution in [2.75, 3.05) is 27.2 Å². The maximum absolute atomic E-state index is 12.1. The van der Waals surface area contributed by atoms with Crippen LogP contribution in [0, 0.1) is 5.41 Å². The van der Waals surface area contributed by atoms with Gasteiger partial charge in [-0.1, -0.05) is 20.8 Å². The Hall–Kier alpha value is -1.63. The molecule has 1 unspecified atom stereocenters. The second-order valence-corrected chi connectivity index (χ2v) is 6.38. The lowest BCUT2D eigenvalue weighted by Crippen LogP contribution is -2.50. The number of rotatable bonds is 8. The van der Waals surface area contributed by atoms with Gasteiger partial charge in [0.2, 0.25) is 17.7 Å². The second-order valence-electron chi connectivity index (χ2n) is 6.38. The van der Waals surface area contributed by atoms with Crippen LogP contribution in [-0.4, -0.2) is 55.8 Å². The molecular weight excluding hydrogens is 272 g/mol. The third-order valence-electron chi connectivity index (χ3n) is 2.84. The molecule has 4 N–H and O–H groups in total. The van der Waals surface area contributed by atoms with E-state index in [0.717, 1.165) is 0 Å². The predicted molar refractivity (Wildman–Crippen MR) is 81.4 cm³/mol. The van der Waals surface area contributed by atoms with Crippen LogP contribution in [0.25, 0.3) is 0 Å². The van der Waals surface area contributed by atoms with Crippen LogP contribution < -0.4 is 16.4 Å². The Labute approximate surface area is 126 Å². The Kier molecular flexibility index (Phi) is 7.94. The molecule has 0 aromatic rings. The fraction of sp³-hybridized carbons (Fsp3) is 0.786. The van der Waals surface area contributed by atoms with Crippen molar-refractivity contribution < 1.29 is 14.4 Å². The van der Waals surface area contributed by atoms with Crippen LogP contribution >= 0.6 is 0 Å². The molecule has 0 radical (unpaired) electrons. The summed E-state index contributed by atoms with van der Waals surface area (Å²) in [7, 11) is 3.80. The molecule has 0 saturated carbocycles. The molecule has 21 heavy (non-hydrogen) atoms. The van der Waals surface area contributed by atoms with Crippen molar-refractivity contribution in [2.45, 2.75) is 39.7 Å². The van der Waals surface area contributed by atoms with Crippen LogP contribution in [0.2, 0.25) is 0 Å². The van der Waals surface area contributed by atoms with Crippen molar-refractivity contribution >= 4 is 17.7 Å². The van der Waals surface area contributed by atoms with Gasteiger partial charge in [-0.3, -0.25) is 14.4 Å². The number of hydrogen-bond acceptors (Lipinski definition) is 4. The van der Waals surface area contributed by atoms with Crippen molar-refractivity contribution in [1.29, 1.82) is 0 Å². The molecule has 0 rings (SSSR count). The van der Waals surface area contributed by atoms with E-state index < -0.39 is 17.4 Å². The van der Waals surface area contributed by atoms with Gasteiger partial charge in [0.15, 0.2) is 0 Å². The summed E-state index contributed by atoms with van der Waals surface area (Å²) in [5, 5.41) is 5.43. The van der Waals surface area contributed by atoms with Gasteiger partial charge in [-0.05, 0) is 20.5 Å². The molecule has 0 aliphatic carbocycles. The molecule has 3 amide bonds. The van der Waals surface area contributed by atoms with Crippen molar-refractivity contribution in [1.82, 2.24) is 15.5 Å². The molecule has 0 aromatic heterocycles. The minimum absolute atomic E-state index is 0.0518. The lowest BCUT2D eigenvalue weighted by atomic mass is 9.94. The molecule has 0 saturated heterocycles. The summed E-state index contributed by atoms with van der Waals surface area (Å²) < 4.78 is 0. The first-order chi connectivity index (χ1) is 9.54. The molecule has 0 fully saturated rings. The van der Waals surface area contributed by atoms with E-state index in [-0.39, 0.29) is 24.7 Å². The number of carbonyl (C=O) groups is 3. The number of hydrogen-bond donors (Lipinski definition) is 3. The molecule has 122 valence electrons. The Morgan fingerprint density at radius 1 is 1.19 bits per heavy atom. The monoisotopic (exact) mass is 300 g/mol. The molecule has 0 aromatic carbocycles. The van der Waals surface area contributed by atoms with Gasteiger partial charge in [0, 0.05) is 24.9 Å². The molecule has 0 heterocycles. The summed E-state index contributed by atoms with van der Waals surface area (Å²) in [5.74, 6) is -1.03. The minimum Gasteiger partial charge on any atom is -0.370 e. The van der Waals surface area contributed by atoms with Crippen LogP contribution in [0.1, 0.15) is 33.6 Å². The van der Waals surface area contributed by atoms with E-state index in [0.29, 0.717) is 13.1 Å². The van der Waals surface area contributed by atoms with Gasteiger partial charge in [-0.2, -0.15) is 0 Å². The van der Waals surface area contributed by atoms with E-state index in [9.17, 15) is 14.4 Å². The van der Waals surface area contributed by atoms with Crippen molar-refractivity contribution in [3.8, 4) is 0 Å². The first-order valence-electron chi connectivity index (χ1n) is 7.05. The smallest absolute Gasteiger partial charge is 0.242 e. The van der Waals surface area contributed by atoms with Gasteiger partial charge in [-0.15, -0.1) is 0 Å². The SMILES string of the molecule is CN(C)CCNC(=O)C(CCC(N)=O)NC(=O)C(C)(C)C. The topological polar surface area (TPSA) is 105 Å². The highest BCUT2D eigenvalue weighted by Crippen LogP contribution is 2.13. The molecular formula is C14H28N4O3. The number of nitrogens with zero attached hydrogens (tertiary/aromatic N) is 1. The first kappa shape index (κ1) is 19.4. The predicted octanol–water partition coefficient (Wildman–Crippen LogP) is -0.539. The van der Waals surface area contributed by atoms with Crippen LogP contribution in [0.3, 0.4) is 0 Å². The van der Waals surface area contributed by atoms with E-state index in [1.807, 2.05) is 19.0 Å². The number of nitrogens with two attached hydrogens (primary N) is 1. The van der Waals surface area contributed by atoms with E-state index in [4.69, 9.17) is 5.73 Å². The zero-order valence-electron chi connectivity index (χ0n) is 13.7. The van der Waals surface area contributed by atoms with Crippen molar-refractivity contribution in [3.05, 3.63) is 0 Å². The largest absolute Gasteiger partial charge is 0.370 e. The molecule has 0 spiro atoms. The maximum atomic E-state index is 12.1. The summed E-state index contributed by atoms with van der Waals surface area (Å²) in [4.78, 5) is 36.9. The van der Waals surface area contributed by atoms with E-state index in [2.05, 4.69) is 10.6 Å². The van der Waals surface area contributed by atoms with Crippen LogP contribution in [-0.2, 0) is 14.4 Å². The highest BCUT2D eigenvalue weighted by atomic mass is 16.2. The maximum Gasteiger partial charge on any atom is 0.242 e. The van der Waals surface area contributed by atoms with E-state index in [1.54, 1.807) is 20.8 Å². The number of amides is 3. The second kappa shape index (κ2) is 8.61. The lowest BCUT2D eigenvalue weighted by Gasteiger charge is -2.24. The highest BCUT2D eigenvalue weighted by Gasteiger charge is 2.27. The average Bonchev–Trinajstić information content (AvgIpc) is 2.31. The van der Waals surface area contributed by atoms with Gasteiger partial charge in [0.25, 0.3) is 0 Å². The number of nitrogens with one attached hydrogen (secondary N) is 2. The molecule has 0 bridgehead atoms. The fourth-order valence-corrected chi connectivity index (χ4v) is 1.46. The van der Waals surface area contributed by atoms with Gasteiger partial charge in [-0.25, -0.2) is 0 Å². The number of carbonyl (C=O) groups excluding carboxylic acids is 3. The van der Waals surface area contributed by atoms with Crippen LogP contribution in [0.15, 0.2) is 0 Å². The van der Waals surface area contributed by atoms with Crippen molar-refractivity contribution in [3.63, 3.8) is 0 Å². The Morgan fingerprint density at radius 3 is 2.19 bits per heavy atom. The normalized spacial score (nSPS) is 12.9. The standard InChI is InChI=1S/C14H28N4O3/c1-14(2,3)13(21)17-10(6-7-11(15)19)12(20)16-8-9-18(4)5/h10H,6-9H2,1-5H3,(H2,15,19)(H,16,20)(H,17,21). The summed E-state index contributed by atoms with van der Waals surface area (Å²) in [6, 6.07) is -0.744. The average molecular weight is 300 g/mol. The van der Waals surface area contributed by atoms with E-state index >= 15 is 0 Å². The summed E-state index contributed by atoms with van der Waals surface area (Å²) in [5.41, 5.74) is 4.51. The van der Waals surface area contributed by atoms with Gasteiger partial charge < -0.3 is 21.3 Å². The minimum atomic E-state index is -0.744. The molecule has 7 heteroatoms. The highest BCUT2D eigenvalue weighted by molar-refractivity contribution is 5.90. The lowest BCUT2D eigenvalue weighted by molar-refractivity contribution is -0.134. The van der Waals surface area contributed by atoms with Crippen molar-refractivity contribution in [2.24, 2.45) is 11.1 Å². The third kappa shape index (κ3) is 9.01. The summed E-state index contributed by atoms with van der Waals surface area (Å²) in [6.07, 6.45) is 0.251. The van der Waals surface area contributed by atoms with Gasteiger partial charge in [0.05, 0.1) is 0 Å². The summed E-state index contributed by atoms with van der Waals surface area (Å²) >= 11 is 0. The summed E-state index contributed by atoms with van der Waals surface area (Å²) in [6.45, 7) is 6.46. The Bertz CT molecular complexity index is 375. The molecule has 0 aliphatic rings. The fourth-order valence-electron chi connectivity index (χ4n) is 1.46. The third-order valence-corrected chi connectivity index (χ3v) is 2.84. The number of likely N-dealkylation sites (N-methyl/N-ethyl adjacent to an activating group) is 1. The molecule has 0 aliphatic heterocycles. The molecule has 1 atom stereocenters. The zero-order chi connectivity index (χ0) is 16.6. The van der Waals surface area contributed by atoms with E-state index in [1.165, 1.54) is 0 Å². The van der Waals surface area contributed by atoms with Crippen LogP contribution in [0.4, 0.5) is 0 Å². The molecule has 7 nitrogen and oxygen atoms in total. The Morgan fingerprint density at radius 2 is 1.76 bits per heavy atom. The quantitative estimate of drug-likeness (QED) is 0.560. The van der Waals surface area contributed by atoms with Gasteiger partial charge in [0.1, 0.15) is 6.04 Å². The number of primary amides is 1. The Balaban J connectivity index is 4.60. The first-order valence-corrected chi connectivity index (χ1v) is 7.05.